The molecule has 0 radical (unpaired) electrons. The molecule has 40 heavy (non-hydrogen) atoms. The van der Waals surface area contributed by atoms with Gasteiger partial charge >= 0.3 is 0 Å². The summed E-state index contributed by atoms with van der Waals surface area (Å²) in [4.78, 5) is 4.67. The number of allylic oxidation sites excluding steroid dienone is 6. The van der Waals surface area contributed by atoms with E-state index in [0.29, 0.717) is 18.4 Å². The van der Waals surface area contributed by atoms with Crippen molar-refractivity contribution < 1.29 is 9.22 Å². The van der Waals surface area contributed by atoms with Gasteiger partial charge < -0.3 is 4.74 Å². The minimum absolute atomic E-state index is 0.0723. The van der Waals surface area contributed by atoms with Crippen molar-refractivity contribution >= 4 is 22.6 Å². The Bertz CT molecular complexity index is 1590. The van der Waals surface area contributed by atoms with Gasteiger partial charge in [0.2, 0.25) is 0 Å². The second-order valence-electron chi connectivity index (χ2n) is 11.6. The molecule has 3 heteroatoms. The van der Waals surface area contributed by atoms with Gasteiger partial charge in [-0.25, -0.2) is 0 Å². The normalized spacial score (nSPS) is 28.2. The van der Waals surface area contributed by atoms with Crippen LogP contribution in [0.5, 0.6) is 0 Å². The van der Waals surface area contributed by atoms with Gasteiger partial charge in [-0.15, -0.1) is 13.2 Å². The summed E-state index contributed by atoms with van der Waals surface area (Å²) < 4.78 is 7.67. The molecule has 3 aromatic rings. The number of hydrogen-bond donors (Lipinski definition) is 0. The van der Waals surface area contributed by atoms with E-state index >= 15 is 0 Å². The van der Waals surface area contributed by atoms with E-state index in [0.717, 1.165) is 29.5 Å². The molecule has 198 valence electrons. The number of aromatic nitrogens is 1. The number of rotatable bonds is 7. The van der Waals surface area contributed by atoms with Crippen LogP contribution in [-0.2, 0) is 4.74 Å². The predicted octanol–water partition coefficient (Wildman–Crippen LogP) is 8.03. The van der Waals surface area contributed by atoms with Crippen LogP contribution in [0.15, 0.2) is 122 Å². The average molecular weight is 525 g/mol. The Morgan fingerprint density at radius 2 is 1.95 bits per heavy atom. The Labute approximate surface area is 237 Å². The maximum Gasteiger partial charge on any atom is 0.155 e. The first-order valence-corrected chi connectivity index (χ1v) is 14.5. The van der Waals surface area contributed by atoms with Crippen LogP contribution in [0.25, 0.3) is 22.6 Å². The lowest BCUT2D eigenvalue weighted by Crippen LogP contribution is -2.65. The summed E-state index contributed by atoms with van der Waals surface area (Å²) in [6, 6.07) is 19.7. The van der Waals surface area contributed by atoms with Crippen molar-refractivity contribution in [2.45, 2.75) is 25.0 Å². The molecule has 5 aliphatic rings. The lowest BCUT2D eigenvalue weighted by molar-refractivity contribution is -0.928. The molecule has 0 amide bonds. The first-order valence-electron chi connectivity index (χ1n) is 14.5. The number of para-hydroxylation sites is 1. The van der Waals surface area contributed by atoms with Gasteiger partial charge in [-0.2, -0.15) is 0 Å². The third-order valence-corrected chi connectivity index (χ3v) is 9.51. The third kappa shape index (κ3) is 4.13. The molecule has 3 aliphatic heterocycles. The third-order valence-electron chi connectivity index (χ3n) is 9.51. The van der Waals surface area contributed by atoms with E-state index in [2.05, 4.69) is 115 Å². The molecule has 0 saturated carbocycles. The monoisotopic (exact) mass is 524 g/mol. The summed E-state index contributed by atoms with van der Waals surface area (Å²) in [6.45, 7) is 11.0. The molecule has 2 aromatic carbocycles. The number of benzene rings is 2. The highest BCUT2D eigenvalue weighted by Gasteiger charge is 2.55. The number of quaternary nitrogens is 1. The molecule has 1 aromatic heterocycles. The lowest BCUT2D eigenvalue weighted by Gasteiger charge is -2.56. The maximum absolute atomic E-state index is 6.78. The Hall–Kier alpha value is -3.92. The Morgan fingerprint density at radius 3 is 2.85 bits per heavy atom. The van der Waals surface area contributed by atoms with E-state index in [-0.39, 0.29) is 12.1 Å². The van der Waals surface area contributed by atoms with Crippen molar-refractivity contribution in [2.24, 2.45) is 11.8 Å². The summed E-state index contributed by atoms with van der Waals surface area (Å²) >= 11 is 0. The van der Waals surface area contributed by atoms with Crippen LogP contribution >= 0.6 is 0 Å². The molecule has 4 unspecified atom stereocenters. The van der Waals surface area contributed by atoms with E-state index < -0.39 is 0 Å². The van der Waals surface area contributed by atoms with Crippen LogP contribution in [0, 0.1) is 17.8 Å². The SMILES string of the molecule is C=CCO[C@H](c1ccnc2ccccc12)C1CC2CC[N+]1(C=C1c3ccccc3C=C3C=CC=C[C+]31)CC2C=C. The summed E-state index contributed by atoms with van der Waals surface area (Å²) in [7, 11) is 0. The topological polar surface area (TPSA) is 22.1 Å². The molecule has 0 N–H and O–H groups in total. The standard InChI is InChI=1S/C37H36N2O/c1-3-21-40-37(33-17-19-38-35-16-10-9-15-32(33)35)36-23-27-18-20-39(36,24-26(27)4-2)25-34-30-13-7-5-11-28(30)22-29-12-6-8-14-31(29)34/h3-17,19,22,25-27,36-37H,1-2,18,20-21,23-24H2/q+2/t26?,27?,36?,37-,39?/m1/s1. The minimum atomic E-state index is -0.0723. The lowest BCUT2D eigenvalue weighted by atomic mass is 9.70. The van der Waals surface area contributed by atoms with E-state index in [4.69, 9.17) is 4.74 Å². The first kappa shape index (κ1) is 25.1. The molecule has 2 bridgehead atoms. The smallest absolute Gasteiger partial charge is 0.155 e. The fourth-order valence-electron chi connectivity index (χ4n) is 7.63. The van der Waals surface area contributed by atoms with Crippen LogP contribution in [0.3, 0.4) is 0 Å². The number of hydrogen-bond acceptors (Lipinski definition) is 2. The quantitative estimate of drug-likeness (QED) is 0.177. The van der Waals surface area contributed by atoms with Crippen molar-refractivity contribution in [3.63, 3.8) is 0 Å². The molecule has 4 heterocycles. The zero-order valence-electron chi connectivity index (χ0n) is 23.0. The number of fused-ring (bicyclic) bond motifs is 6. The van der Waals surface area contributed by atoms with Crippen LogP contribution < -0.4 is 0 Å². The van der Waals surface area contributed by atoms with Crippen LogP contribution in [-0.4, -0.2) is 35.2 Å². The largest absolute Gasteiger partial charge is 0.363 e. The summed E-state index contributed by atoms with van der Waals surface area (Å²) in [5, 5.41) is 1.18. The highest BCUT2D eigenvalue weighted by Crippen LogP contribution is 2.51. The number of ether oxygens (including phenoxy) is 1. The minimum Gasteiger partial charge on any atom is -0.363 e. The highest BCUT2D eigenvalue weighted by molar-refractivity contribution is 5.94. The highest BCUT2D eigenvalue weighted by atomic mass is 16.5. The van der Waals surface area contributed by atoms with E-state index in [1.165, 1.54) is 45.6 Å². The van der Waals surface area contributed by atoms with Crippen molar-refractivity contribution in [1.82, 2.24) is 4.98 Å². The van der Waals surface area contributed by atoms with Gasteiger partial charge in [0.15, 0.2) is 6.20 Å². The molecule has 0 spiro atoms. The number of nitrogens with zero attached hydrogens (tertiary/aromatic N) is 2. The van der Waals surface area contributed by atoms with Gasteiger partial charge in [0.05, 0.1) is 42.3 Å². The molecule has 5 atom stereocenters. The molecule has 3 nitrogen and oxygen atoms in total. The van der Waals surface area contributed by atoms with E-state index in [9.17, 15) is 0 Å². The predicted molar refractivity (Wildman–Crippen MR) is 165 cm³/mol. The van der Waals surface area contributed by atoms with Crippen molar-refractivity contribution in [3.05, 3.63) is 145 Å². The maximum atomic E-state index is 6.78. The Morgan fingerprint density at radius 1 is 1.07 bits per heavy atom. The van der Waals surface area contributed by atoms with Crippen LogP contribution in [0.1, 0.15) is 35.6 Å². The van der Waals surface area contributed by atoms with Crippen molar-refractivity contribution in [1.29, 1.82) is 0 Å². The van der Waals surface area contributed by atoms with Crippen molar-refractivity contribution in [3.8, 4) is 0 Å². The molecule has 8 rings (SSSR count). The fraction of sp³-hybridized carbons (Fsp3) is 0.243. The number of piperidine rings is 3. The molecular weight excluding hydrogens is 488 g/mol. The fourth-order valence-corrected chi connectivity index (χ4v) is 7.63. The average Bonchev–Trinajstić information content (AvgIpc) is 3.01. The Balaban J connectivity index is 1.41. The van der Waals surface area contributed by atoms with Gasteiger partial charge in [-0.05, 0) is 47.9 Å². The molecular formula is C37H36N2O+2. The summed E-state index contributed by atoms with van der Waals surface area (Å²) in [5.41, 5.74) is 7.47. The summed E-state index contributed by atoms with van der Waals surface area (Å²) in [5.74, 6) is 2.44. The van der Waals surface area contributed by atoms with Gasteiger partial charge in [-0.3, -0.25) is 9.47 Å². The van der Waals surface area contributed by atoms with Crippen LogP contribution in [0.4, 0.5) is 0 Å². The number of pyridine rings is 1. The van der Waals surface area contributed by atoms with Gasteiger partial charge in [0.25, 0.3) is 0 Å². The van der Waals surface area contributed by atoms with Gasteiger partial charge in [0, 0.05) is 54.1 Å². The Kier molecular flexibility index (Phi) is 6.42. The van der Waals surface area contributed by atoms with Gasteiger partial charge in [-0.1, -0.05) is 42.5 Å². The molecule has 2 aliphatic carbocycles. The first-order chi connectivity index (χ1) is 19.7. The van der Waals surface area contributed by atoms with Gasteiger partial charge in [0.1, 0.15) is 17.7 Å². The second kappa shape index (κ2) is 10.2. The van der Waals surface area contributed by atoms with E-state index in [1.54, 1.807) is 0 Å². The van der Waals surface area contributed by atoms with Crippen LogP contribution in [0.2, 0.25) is 0 Å². The second-order valence-corrected chi connectivity index (χ2v) is 11.6. The van der Waals surface area contributed by atoms with E-state index in [1.807, 2.05) is 12.3 Å². The zero-order chi connectivity index (χ0) is 27.1. The van der Waals surface area contributed by atoms with Crippen molar-refractivity contribution in [2.75, 3.05) is 19.7 Å². The molecule has 3 saturated heterocycles. The summed E-state index contributed by atoms with van der Waals surface area (Å²) in [6.07, 6.45) is 22.0. The molecule has 3 fully saturated rings. The zero-order valence-corrected chi connectivity index (χ0v) is 23.0.